The average molecular weight is 267 g/mol. The van der Waals surface area contributed by atoms with Crippen molar-refractivity contribution in [3.63, 3.8) is 0 Å². The van der Waals surface area contributed by atoms with Crippen LogP contribution in [0.5, 0.6) is 0 Å². The maximum absolute atomic E-state index is 12.0. The van der Waals surface area contributed by atoms with Gasteiger partial charge in [0.1, 0.15) is 0 Å². The molecule has 2 saturated carbocycles. The predicted octanol–water partition coefficient (Wildman–Crippen LogP) is 4.32. The Morgan fingerprint density at radius 3 is 2.16 bits per heavy atom. The Kier molecular flexibility index (Phi) is 5.61. The highest BCUT2D eigenvalue weighted by atomic mass is 16.1. The number of carbonyl (C=O) groups is 1. The van der Waals surface area contributed by atoms with Crippen LogP contribution in [0.25, 0.3) is 0 Å². The monoisotopic (exact) mass is 267 g/mol. The summed E-state index contributed by atoms with van der Waals surface area (Å²) >= 11 is 0. The van der Waals surface area contributed by atoms with Crippen molar-refractivity contribution < 1.29 is 4.79 Å². The second-order valence-corrected chi connectivity index (χ2v) is 7.41. The Morgan fingerprint density at radius 2 is 1.79 bits per heavy atom. The molecule has 0 aromatic heterocycles. The molecule has 1 atom stereocenters. The fraction of sp³-hybridized carbons (Fsp3) is 0.941. The molecule has 2 aliphatic rings. The summed E-state index contributed by atoms with van der Waals surface area (Å²) < 4.78 is 0. The van der Waals surface area contributed by atoms with E-state index in [1.54, 1.807) is 0 Å². The maximum Gasteiger partial charge on any atom is 0.154 e. The summed E-state index contributed by atoms with van der Waals surface area (Å²) in [5, 5.41) is 0. The number of hydrogen-bond donors (Lipinski definition) is 1. The summed E-state index contributed by atoms with van der Waals surface area (Å²) in [6.07, 6.45) is 9.08. The van der Waals surface area contributed by atoms with Crippen LogP contribution in [0.15, 0.2) is 0 Å². The molecular formula is C17H33NO. The molecule has 0 amide bonds. The van der Waals surface area contributed by atoms with Gasteiger partial charge in [0, 0.05) is 5.41 Å². The Balaban J connectivity index is 0.000000861. The lowest BCUT2D eigenvalue weighted by molar-refractivity contribution is -0.127. The molecule has 0 heterocycles. The quantitative estimate of drug-likeness (QED) is 0.824. The van der Waals surface area contributed by atoms with E-state index < -0.39 is 0 Å². The van der Waals surface area contributed by atoms with Gasteiger partial charge in [0.2, 0.25) is 0 Å². The minimum Gasteiger partial charge on any atom is -0.321 e. The van der Waals surface area contributed by atoms with Crippen molar-refractivity contribution >= 4 is 5.78 Å². The largest absolute Gasteiger partial charge is 0.321 e. The summed E-state index contributed by atoms with van der Waals surface area (Å²) in [5.74, 6) is 1.21. The second kappa shape index (κ2) is 6.39. The highest BCUT2D eigenvalue weighted by Crippen LogP contribution is 2.56. The van der Waals surface area contributed by atoms with E-state index in [0.717, 1.165) is 12.3 Å². The van der Waals surface area contributed by atoms with Crippen LogP contribution < -0.4 is 5.73 Å². The third-order valence-electron chi connectivity index (χ3n) is 4.95. The standard InChI is InChI=1S/C15H27NO.C2H6/c1-14(2,3)13(17)12(16)6-9-15-7-4-11(10-15)5-8-15;1-2/h11-12H,4-10,16H2,1-3H3;1-2H3. The van der Waals surface area contributed by atoms with E-state index in [2.05, 4.69) is 0 Å². The zero-order valence-corrected chi connectivity index (χ0v) is 13.6. The van der Waals surface area contributed by atoms with Crippen LogP contribution in [0.3, 0.4) is 0 Å². The third kappa shape index (κ3) is 4.05. The summed E-state index contributed by atoms with van der Waals surface area (Å²) in [5.41, 5.74) is 6.34. The first kappa shape index (κ1) is 16.7. The fourth-order valence-electron chi connectivity index (χ4n) is 3.81. The Morgan fingerprint density at radius 1 is 1.26 bits per heavy atom. The first-order chi connectivity index (χ1) is 8.82. The molecule has 0 aromatic carbocycles. The Bertz CT molecular complexity index is 295. The summed E-state index contributed by atoms with van der Waals surface area (Å²) in [6.45, 7) is 9.90. The smallest absolute Gasteiger partial charge is 0.154 e. The highest BCUT2D eigenvalue weighted by molar-refractivity contribution is 5.88. The van der Waals surface area contributed by atoms with Crippen molar-refractivity contribution in [3.8, 4) is 0 Å². The van der Waals surface area contributed by atoms with Gasteiger partial charge in [-0.1, -0.05) is 34.6 Å². The number of hydrogen-bond acceptors (Lipinski definition) is 2. The average Bonchev–Trinajstić information content (AvgIpc) is 2.97. The van der Waals surface area contributed by atoms with Gasteiger partial charge in [-0.3, -0.25) is 4.79 Å². The van der Waals surface area contributed by atoms with E-state index in [-0.39, 0.29) is 17.2 Å². The molecule has 0 saturated heterocycles. The molecule has 0 aromatic rings. The number of ketones is 1. The van der Waals surface area contributed by atoms with Crippen LogP contribution in [0.4, 0.5) is 0 Å². The fourth-order valence-corrected chi connectivity index (χ4v) is 3.81. The molecule has 2 heteroatoms. The highest BCUT2D eigenvalue weighted by Gasteiger charge is 2.44. The number of Topliss-reactive ketones (excluding diaryl/α,β-unsaturated/α-hetero) is 1. The van der Waals surface area contributed by atoms with Crippen molar-refractivity contribution in [2.45, 2.75) is 85.6 Å². The van der Waals surface area contributed by atoms with Crippen molar-refractivity contribution in [1.29, 1.82) is 0 Å². The minimum atomic E-state index is -0.287. The number of fused-ring (bicyclic) bond motifs is 2. The van der Waals surface area contributed by atoms with Crippen molar-refractivity contribution in [2.75, 3.05) is 0 Å². The van der Waals surface area contributed by atoms with Crippen LogP contribution >= 0.6 is 0 Å². The van der Waals surface area contributed by atoms with Gasteiger partial charge in [-0.2, -0.15) is 0 Å². The molecule has 2 bridgehead atoms. The molecule has 19 heavy (non-hydrogen) atoms. The van der Waals surface area contributed by atoms with Gasteiger partial charge in [0.15, 0.2) is 5.78 Å². The van der Waals surface area contributed by atoms with E-state index in [4.69, 9.17) is 5.73 Å². The Labute approximate surface area is 119 Å². The van der Waals surface area contributed by atoms with Gasteiger partial charge < -0.3 is 5.73 Å². The first-order valence-corrected chi connectivity index (χ1v) is 8.12. The number of carbonyl (C=O) groups excluding carboxylic acids is 1. The molecule has 2 N–H and O–H groups in total. The summed E-state index contributed by atoms with van der Waals surface area (Å²) in [6, 6.07) is -0.246. The normalized spacial score (nSPS) is 30.7. The predicted molar refractivity (Wildman–Crippen MR) is 82.0 cm³/mol. The van der Waals surface area contributed by atoms with E-state index in [9.17, 15) is 4.79 Å². The topological polar surface area (TPSA) is 43.1 Å². The first-order valence-electron chi connectivity index (χ1n) is 8.12. The number of nitrogens with two attached hydrogens (primary N) is 1. The lowest BCUT2D eigenvalue weighted by atomic mass is 9.77. The lowest BCUT2D eigenvalue weighted by Gasteiger charge is -2.29. The molecule has 0 radical (unpaired) electrons. The Hall–Kier alpha value is -0.370. The molecule has 0 spiro atoms. The summed E-state index contributed by atoms with van der Waals surface area (Å²) in [4.78, 5) is 12.0. The minimum absolute atomic E-state index is 0.224. The van der Waals surface area contributed by atoms with Gasteiger partial charge in [-0.25, -0.2) is 0 Å². The number of rotatable bonds is 4. The van der Waals surface area contributed by atoms with E-state index in [1.165, 1.54) is 38.5 Å². The molecule has 1 unspecified atom stereocenters. The molecule has 112 valence electrons. The third-order valence-corrected chi connectivity index (χ3v) is 4.95. The molecule has 2 nitrogen and oxygen atoms in total. The van der Waals surface area contributed by atoms with Gasteiger partial charge >= 0.3 is 0 Å². The molecule has 2 aliphatic carbocycles. The van der Waals surface area contributed by atoms with Gasteiger partial charge in [-0.05, 0) is 56.3 Å². The molecule has 0 aliphatic heterocycles. The molecular weight excluding hydrogens is 234 g/mol. The zero-order chi connectivity index (χ0) is 14.7. The van der Waals surface area contributed by atoms with Crippen LogP contribution in [0.1, 0.15) is 79.6 Å². The van der Waals surface area contributed by atoms with E-state index in [0.29, 0.717) is 5.41 Å². The van der Waals surface area contributed by atoms with Crippen LogP contribution in [0.2, 0.25) is 0 Å². The van der Waals surface area contributed by atoms with Gasteiger partial charge in [0.05, 0.1) is 6.04 Å². The van der Waals surface area contributed by atoms with Crippen molar-refractivity contribution in [3.05, 3.63) is 0 Å². The second-order valence-electron chi connectivity index (χ2n) is 7.41. The lowest BCUT2D eigenvalue weighted by Crippen LogP contribution is -2.39. The van der Waals surface area contributed by atoms with Crippen LogP contribution in [-0.2, 0) is 4.79 Å². The molecule has 2 fully saturated rings. The maximum atomic E-state index is 12.0. The SMILES string of the molecule is CC.CC(C)(C)C(=O)C(N)CCC12CCC(CC1)C2. The van der Waals surface area contributed by atoms with Gasteiger partial charge in [-0.15, -0.1) is 0 Å². The summed E-state index contributed by atoms with van der Waals surface area (Å²) in [7, 11) is 0. The zero-order valence-electron chi connectivity index (χ0n) is 13.6. The van der Waals surface area contributed by atoms with E-state index >= 15 is 0 Å². The van der Waals surface area contributed by atoms with E-state index in [1.807, 2.05) is 34.6 Å². The van der Waals surface area contributed by atoms with Crippen molar-refractivity contribution in [1.82, 2.24) is 0 Å². The molecule has 2 rings (SSSR count). The van der Waals surface area contributed by atoms with Crippen molar-refractivity contribution in [2.24, 2.45) is 22.5 Å². The van der Waals surface area contributed by atoms with Crippen LogP contribution in [0, 0.1) is 16.7 Å². The van der Waals surface area contributed by atoms with Gasteiger partial charge in [0.25, 0.3) is 0 Å². The van der Waals surface area contributed by atoms with Crippen LogP contribution in [-0.4, -0.2) is 11.8 Å².